The second kappa shape index (κ2) is 9.03. The number of rotatable bonds is 9. The van der Waals surface area contributed by atoms with Crippen LogP contribution in [0.3, 0.4) is 0 Å². The average molecular weight is 395 g/mol. The molecule has 1 fully saturated rings. The second-order valence-electron chi connectivity index (χ2n) is 7.75. The van der Waals surface area contributed by atoms with Gasteiger partial charge in [-0.2, -0.15) is 13.2 Å². The largest absolute Gasteiger partial charge is 0.498 e. The summed E-state index contributed by atoms with van der Waals surface area (Å²) in [5, 5.41) is 3.49. The van der Waals surface area contributed by atoms with Crippen molar-refractivity contribution in [1.82, 2.24) is 5.32 Å². The minimum absolute atomic E-state index is 0.0645. The summed E-state index contributed by atoms with van der Waals surface area (Å²) in [6.07, 6.45) is 4.37. The quantitative estimate of drug-likeness (QED) is 0.600. The number of benzene rings is 1. The van der Waals surface area contributed by atoms with Gasteiger partial charge in [0.05, 0.1) is 17.9 Å². The SMILES string of the molecule is CC(COc1ccc(C(F)(F)F)cc1)NC(C)C1=CC=C(OCC2CC2)CC1. The molecule has 2 unspecified atom stereocenters. The molecule has 3 rings (SSSR count). The van der Waals surface area contributed by atoms with Gasteiger partial charge in [-0.05, 0) is 69.4 Å². The molecule has 0 aliphatic heterocycles. The minimum Gasteiger partial charge on any atom is -0.498 e. The molecule has 2 aliphatic carbocycles. The monoisotopic (exact) mass is 395 g/mol. The summed E-state index contributed by atoms with van der Waals surface area (Å²) in [5.74, 6) is 2.27. The second-order valence-corrected chi connectivity index (χ2v) is 7.75. The smallest absolute Gasteiger partial charge is 0.416 e. The molecule has 0 bridgehead atoms. The Labute approximate surface area is 164 Å². The maximum Gasteiger partial charge on any atom is 0.416 e. The van der Waals surface area contributed by atoms with Crippen LogP contribution in [0, 0.1) is 5.92 Å². The summed E-state index contributed by atoms with van der Waals surface area (Å²) in [7, 11) is 0. The molecule has 0 spiro atoms. The summed E-state index contributed by atoms with van der Waals surface area (Å²) < 4.78 is 49.2. The van der Waals surface area contributed by atoms with E-state index in [2.05, 4.69) is 24.4 Å². The van der Waals surface area contributed by atoms with Crippen LogP contribution in [0.5, 0.6) is 5.75 Å². The van der Waals surface area contributed by atoms with E-state index in [1.165, 1.54) is 30.5 Å². The summed E-state index contributed by atoms with van der Waals surface area (Å²) >= 11 is 0. The highest BCUT2D eigenvalue weighted by Gasteiger charge is 2.30. The highest BCUT2D eigenvalue weighted by Crippen LogP contribution is 2.31. The summed E-state index contributed by atoms with van der Waals surface area (Å²) in [5.41, 5.74) is 0.651. The summed E-state index contributed by atoms with van der Waals surface area (Å²) in [4.78, 5) is 0. The van der Waals surface area contributed by atoms with Crippen molar-refractivity contribution in [3.63, 3.8) is 0 Å². The Bertz CT molecular complexity index is 705. The van der Waals surface area contributed by atoms with Gasteiger partial charge in [0, 0.05) is 18.5 Å². The molecule has 1 saturated carbocycles. The standard InChI is InChI=1S/C22H28F3NO2/c1-15(13-27-21-11-7-19(8-12-21)22(23,24)25)26-16(2)18-5-9-20(10-6-18)28-14-17-3-4-17/h5,7-9,11-12,15-17,26H,3-4,6,10,13-14H2,1-2H3. The van der Waals surface area contributed by atoms with E-state index in [0.29, 0.717) is 12.4 Å². The van der Waals surface area contributed by atoms with Gasteiger partial charge < -0.3 is 14.8 Å². The van der Waals surface area contributed by atoms with Gasteiger partial charge in [-0.25, -0.2) is 0 Å². The first-order valence-corrected chi connectivity index (χ1v) is 9.90. The zero-order chi connectivity index (χ0) is 20.1. The van der Waals surface area contributed by atoms with Crippen molar-refractivity contribution in [1.29, 1.82) is 0 Å². The Morgan fingerprint density at radius 2 is 1.75 bits per heavy atom. The van der Waals surface area contributed by atoms with Gasteiger partial charge in [-0.3, -0.25) is 0 Å². The fraction of sp³-hybridized carbons (Fsp3) is 0.545. The molecule has 0 saturated heterocycles. The number of halogens is 3. The predicted molar refractivity (Wildman–Crippen MR) is 103 cm³/mol. The number of nitrogens with one attached hydrogen (secondary N) is 1. The Kier molecular flexibility index (Phi) is 6.70. The van der Waals surface area contributed by atoms with E-state index in [4.69, 9.17) is 9.47 Å². The van der Waals surface area contributed by atoms with Crippen LogP contribution in [-0.4, -0.2) is 25.3 Å². The fourth-order valence-electron chi connectivity index (χ4n) is 3.17. The third-order valence-electron chi connectivity index (χ3n) is 5.12. The van der Waals surface area contributed by atoms with Gasteiger partial charge in [0.1, 0.15) is 12.4 Å². The average Bonchev–Trinajstić information content (AvgIpc) is 3.49. The highest BCUT2D eigenvalue weighted by atomic mass is 19.4. The summed E-state index contributed by atoms with van der Waals surface area (Å²) in [6.45, 7) is 5.35. The van der Waals surface area contributed by atoms with Crippen LogP contribution < -0.4 is 10.1 Å². The van der Waals surface area contributed by atoms with Crippen molar-refractivity contribution < 1.29 is 22.6 Å². The zero-order valence-corrected chi connectivity index (χ0v) is 16.4. The lowest BCUT2D eigenvalue weighted by molar-refractivity contribution is -0.137. The third-order valence-corrected chi connectivity index (χ3v) is 5.12. The first-order chi connectivity index (χ1) is 13.3. The van der Waals surface area contributed by atoms with Crippen molar-refractivity contribution >= 4 is 0 Å². The first-order valence-electron chi connectivity index (χ1n) is 9.90. The van der Waals surface area contributed by atoms with Gasteiger partial charge in [-0.15, -0.1) is 0 Å². The molecular weight excluding hydrogens is 367 g/mol. The molecule has 6 heteroatoms. The third kappa shape index (κ3) is 6.30. The van der Waals surface area contributed by atoms with Crippen LogP contribution >= 0.6 is 0 Å². The van der Waals surface area contributed by atoms with Crippen LogP contribution in [-0.2, 0) is 10.9 Å². The van der Waals surface area contributed by atoms with Gasteiger partial charge >= 0.3 is 6.18 Å². The van der Waals surface area contributed by atoms with Crippen LogP contribution in [0.15, 0.2) is 47.7 Å². The first kappa shape index (κ1) is 20.8. The van der Waals surface area contributed by atoms with Crippen molar-refractivity contribution in [2.24, 2.45) is 5.92 Å². The maximum atomic E-state index is 12.6. The van der Waals surface area contributed by atoms with E-state index >= 15 is 0 Å². The number of hydrogen-bond donors (Lipinski definition) is 1. The molecule has 154 valence electrons. The molecule has 1 aromatic rings. The lowest BCUT2D eigenvalue weighted by atomic mass is 9.97. The number of ether oxygens (including phenoxy) is 2. The van der Waals surface area contributed by atoms with E-state index in [1.807, 2.05) is 6.92 Å². The minimum atomic E-state index is -4.33. The topological polar surface area (TPSA) is 30.5 Å². The van der Waals surface area contributed by atoms with E-state index in [-0.39, 0.29) is 12.1 Å². The molecule has 3 nitrogen and oxygen atoms in total. The lowest BCUT2D eigenvalue weighted by Gasteiger charge is -2.25. The fourth-order valence-corrected chi connectivity index (χ4v) is 3.17. The van der Waals surface area contributed by atoms with Crippen LogP contribution in [0.4, 0.5) is 13.2 Å². The number of hydrogen-bond acceptors (Lipinski definition) is 3. The molecule has 0 radical (unpaired) electrons. The van der Waals surface area contributed by atoms with Crippen molar-refractivity contribution in [3.05, 3.63) is 53.3 Å². The Balaban J connectivity index is 1.42. The highest BCUT2D eigenvalue weighted by molar-refractivity contribution is 5.29. The molecule has 2 aliphatic rings. The van der Waals surface area contributed by atoms with E-state index < -0.39 is 11.7 Å². The maximum absolute atomic E-state index is 12.6. The van der Waals surface area contributed by atoms with E-state index in [9.17, 15) is 13.2 Å². The van der Waals surface area contributed by atoms with Gasteiger partial charge in [0.25, 0.3) is 0 Å². The molecule has 28 heavy (non-hydrogen) atoms. The Morgan fingerprint density at radius 3 is 2.32 bits per heavy atom. The lowest BCUT2D eigenvalue weighted by Crippen LogP contribution is -2.39. The van der Waals surface area contributed by atoms with Gasteiger partial charge in [0.2, 0.25) is 0 Å². The summed E-state index contributed by atoms with van der Waals surface area (Å²) in [6, 6.07) is 5.06. The van der Waals surface area contributed by atoms with E-state index in [0.717, 1.165) is 43.3 Å². The van der Waals surface area contributed by atoms with Gasteiger partial charge in [0.15, 0.2) is 0 Å². The molecule has 1 N–H and O–H groups in total. The number of allylic oxidation sites excluding steroid dienone is 3. The normalized spacial score (nSPS) is 19.5. The zero-order valence-electron chi connectivity index (χ0n) is 16.4. The van der Waals surface area contributed by atoms with Gasteiger partial charge in [-0.1, -0.05) is 11.6 Å². The van der Waals surface area contributed by atoms with Crippen LogP contribution in [0.2, 0.25) is 0 Å². The Morgan fingerprint density at radius 1 is 1.04 bits per heavy atom. The molecule has 2 atom stereocenters. The Hall–Kier alpha value is -1.95. The molecule has 0 heterocycles. The van der Waals surface area contributed by atoms with Crippen LogP contribution in [0.1, 0.15) is 45.1 Å². The van der Waals surface area contributed by atoms with Crippen molar-refractivity contribution in [2.45, 2.75) is 57.8 Å². The van der Waals surface area contributed by atoms with Crippen molar-refractivity contribution in [2.75, 3.05) is 13.2 Å². The predicted octanol–water partition coefficient (Wildman–Crippen LogP) is 5.48. The molecule has 0 amide bonds. The molecule has 1 aromatic carbocycles. The molecule has 0 aromatic heterocycles. The van der Waals surface area contributed by atoms with E-state index in [1.54, 1.807) is 0 Å². The molecular formula is C22H28F3NO2. The van der Waals surface area contributed by atoms with Crippen LogP contribution in [0.25, 0.3) is 0 Å². The van der Waals surface area contributed by atoms with Crippen molar-refractivity contribution in [3.8, 4) is 5.75 Å². The number of alkyl halides is 3.